The molecule has 0 saturated heterocycles. The third-order valence-electron chi connectivity index (χ3n) is 2.65. The van der Waals surface area contributed by atoms with Crippen LogP contribution in [0.1, 0.15) is 16.8 Å². The van der Waals surface area contributed by atoms with E-state index < -0.39 is 0 Å². The van der Waals surface area contributed by atoms with Crippen LogP contribution >= 0.6 is 0 Å². The second-order valence-corrected chi connectivity index (χ2v) is 3.97. The van der Waals surface area contributed by atoms with Crippen molar-refractivity contribution in [1.29, 1.82) is 0 Å². The minimum absolute atomic E-state index is 0.0580. The molecule has 0 unspecified atom stereocenters. The van der Waals surface area contributed by atoms with E-state index in [1.54, 1.807) is 7.11 Å². The van der Waals surface area contributed by atoms with Crippen molar-refractivity contribution in [3.8, 4) is 0 Å². The van der Waals surface area contributed by atoms with Crippen LogP contribution in [-0.2, 0) is 9.47 Å². The van der Waals surface area contributed by atoms with E-state index in [1.165, 1.54) is 6.26 Å². The number of furan rings is 1. The Balaban J connectivity index is 1.93. The number of benzene rings is 1. The molecule has 0 atom stereocenters. The van der Waals surface area contributed by atoms with Crippen LogP contribution in [-0.4, -0.2) is 32.7 Å². The van der Waals surface area contributed by atoms with Crippen molar-refractivity contribution in [2.75, 3.05) is 26.9 Å². The average Bonchev–Trinajstić information content (AvgIpc) is 2.82. The van der Waals surface area contributed by atoms with E-state index in [4.69, 9.17) is 13.9 Å². The van der Waals surface area contributed by atoms with Crippen molar-refractivity contribution in [2.45, 2.75) is 6.42 Å². The summed E-state index contributed by atoms with van der Waals surface area (Å²) in [5.74, 6) is -0.0580. The first-order chi connectivity index (χ1) is 8.83. The maximum atomic E-state index is 11.9. The molecule has 0 amide bonds. The summed E-state index contributed by atoms with van der Waals surface area (Å²) in [4.78, 5) is 11.9. The monoisotopic (exact) mass is 248 g/mol. The maximum absolute atomic E-state index is 11.9. The van der Waals surface area contributed by atoms with Crippen LogP contribution in [0.5, 0.6) is 0 Å². The average molecular weight is 248 g/mol. The molecule has 0 N–H and O–H groups in total. The molecule has 2 rings (SSSR count). The molecule has 2 aromatic rings. The number of hydrogen-bond acceptors (Lipinski definition) is 4. The molecule has 0 aliphatic rings. The highest BCUT2D eigenvalue weighted by Crippen LogP contribution is 2.20. The summed E-state index contributed by atoms with van der Waals surface area (Å²) in [5, 5.41) is 0.836. The molecular formula is C14H16O4. The zero-order valence-electron chi connectivity index (χ0n) is 10.3. The predicted molar refractivity (Wildman–Crippen MR) is 67.9 cm³/mol. The Hall–Kier alpha value is -1.65. The van der Waals surface area contributed by atoms with Gasteiger partial charge in [-0.15, -0.1) is 0 Å². The molecule has 4 heteroatoms. The molecule has 0 radical (unpaired) electrons. The molecule has 1 aromatic carbocycles. The van der Waals surface area contributed by atoms with Gasteiger partial charge in [-0.25, -0.2) is 0 Å². The molecule has 0 aliphatic carbocycles. The number of rotatable bonds is 7. The number of methoxy groups -OCH3 is 1. The van der Waals surface area contributed by atoms with Crippen LogP contribution in [0.2, 0.25) is 0 Å². The SMILES string of the molecule is COCCCOCC(=O)c1coc2ccccc12. The molecule has 18 heavy (non-hydrogen) atoms. The van der Waals surface area contributed by atoms with Gasteiger partial charge in [0, 0.05) is 25.7 Å². The minimum Gasteiger partial charge on any atom is -0.464 e. The Bertz CT molecular complexity index is 515. The van der Waals surface area contributed by atoms with Crippen LogP contribution in [0.15, 0.2) is 34.9 Å². The highest BCUT2D eigenvalue weighted by Gasteiger charge is 2.13. The lowest BCUT2D eigenvalue weighted by atomic mass is 10.1. The predicted octanol–water partition coefficient (Wildman–Crippen LogP) is 2.67. The third-order valence-corrected chi connectivity index (χ3v) is 2.65. The van der Waals surface area contributed by atoms with Crippen LogP contribution in [0.3, 0.4) is 0 Å². The van der Waals surface area contributed by atoms with Crippen molar-refractivity contribution in [1.82, 2.24) is 0 Å². The van der Waals surface area contributed by atoms with Crippen LogP contribution < -0.4 is 0 Å². The van der Waals surface area contributed by atoms with E-state index in [9.17, 15) is 4.79 Å². The Morgan fingerprint density at radius 1 is 1.28 bits per heavy atom. The first kappa shape index (κ1) is 12.8. The fraction of sp³-hybridized carbons (Fsp3) is 0.357. The van der Waals surface area contributed by atoms with E-state index in [0.717, 1.165) is 17.4 Å². The van der Waals surface area contributed by atoms with Gasteiger partial charge in [-0.3, -0.25) is 4.79 Å². The van der Waals surface area contributed by atoms with Gasteiger partial charge >= 0.3 is 0 Å². The molecule has 4 nitrogen and oxygen atoms in total. The van der Waals surface area contributed by atoms with Crippen molar-refractivity contribution in [3.63, 3.8) is 0 Å². The first-order valence-corrected chi connectivity index (χ1v) is 5.89. The molecule has 0 fully saturated rings. The van der Waals surface area contributed by atoms with Crippen molar-refractivity contribution >= 4 is 16.8 Å². The Morgan fingerprint density at radius 3 is 2.94 bits per heavy atom. The fourth-order valence-corrected chi connectivity index (χ4v) is 1.74. The largest absolute Gasteiger partial charge is 0.464 e. The molecule has 1 heterocycles. The summed E-state index contributed by atoms with van der Waals surface area (Å²) in [7, 11) is 1.64. The Labute approximate surface area is 105 Å². The van der Waals surface area contributed by atoms with E-state index >= 15 is 0 Å². The summed E-state index contributed by atoms with van der Waals surface area (Å²) < 4.78 is 15.5. The zero-order valence-corrected chi connectivity index (χ0v) is 10.3. The molecule has 0 aliphatic heterocycles. The number of fused-ring (bicyclic) bond motifs is 1. The molecule has 0 spiro atoms. The summed E-state index contributed by atoms with van der Waals surface area (Å²) in [5.41, 5.74) is 1.30. The molecular weight excluding hydrogens is 232 g/mol. The smallest absolute Gasteiger partial charge is 0.192 e. The summed E-state index contributed by atoms with van der Waals surface area (Å²) in [6.45, 7) is 1.24. The van der Waals surface area contributed by atoms with Crippen molar-refractivity contribution in [3.05, 3.63) is 36.1 Å². The topological polar surface area (TPSA) is 48.7 Å². The van der Waals surface area contributed by atoms with E-state index in [-0.39, 0.29) is 12.4 Å². The normalized spacial score (nSPS) is 10.9. The Kier molecular flexibility index (Phi) is 4.50. The maximum Gasteiger partial charge on any atom is 0.192 e. The molecule has 0 bridgehead atoms. The molecule has 1 aromatic heterocycles. The fourth-order valence-electron chi connectivity index (χ4n) is 1.74. The van der Waals surface area contributed by atoms with Gasteiger partial charge in [-0.05, 0) is 12.5 Å². The lowest BCUT2D eigenvalue weighted by Gasteiger charge is -2.02. The third kappa shape index (κ3) is 2.97. The highest BCUT2D eigenvalue weighted by molar-refractivity contribution is 6.07. The number of ether oxygens (including phenoxy) is 2. The zero-order chi connectivity index (χ0) is 12.8. The summed E-state index contributed by atoms with van der Waals surface area (Å²) >= 11 is 0. The number of carbonyl (C=O) groups excluding carboxylic acids is 1. The van der Waals surface area contributed by atoms with Crippen LogP contribution in [0, 0.1) is 0 Å². The number of ketones is 1. The lowest BCUT2D eigenvalue weighted by molar-refractivity contribution is 0.0706. The van der Waals surface area contributed by atoms with Crippen LogP contribution in [0.4, 0.5) is 0 Å². The van der Waals surface area contributed by atoms with Crippen molar-refractivity contribution in [2.24, 2.45) is 0 Å². The van der Waals surface area contributed by atoms with Gasteiger partial charge in [0.15, 0.2) is 5.78 Å². The van der Waals surface area contributed by atoms with Gasteiger partial charge in [-0.2, -0.15) is 0 Å². The first-order valence-electron chi connectivity index (χ1n) is 5.89. The van der Waals surface area contributed by atoms with Gasteiger partial charge in [0.2, 0.25) is 0 Å². The highest BCUT2D eigenvalue weighted by atomic mass is 16.5. The van der Waals surface area contributed by atoms with Crippen LogP contribution in [0.25, 0.3) is 11.0 Å². The van der Waals surface area contributed by atoms with Crippen molar-refractivity contribution < 1.29 is 18.7 Å². The number of carbonyl (C=O) groups is 1. The second kappa shape index (κ2) is 6.33. The van der Waals surface area contributed by atoms with E-state index in [1.807, 2.05) is 24.3 Å². The number of para-hydroxylation sites is 1. The van der Waals surface area contributed by atoms with Gasteiger partial charge < -0.3 is 13.9 Å². The quantitative estimate of drug-likeness (QED) is 0.558. The standard InChI is InChI=1S/C14H16O4/c1-16-7-4-8-17-10-13(15)12-9-18-14-6-3-2-5-11(12)14/h2-3,5-6,9H,4,7-8,10H2,1H3. The second-order valence-electron chi connectivity index (χ2n) is 3.97. The van der Waals surface area contributed by atoms with Gasteiger partial charge in [0.1, 0.15) is 18.5 Å². The Morgan fingerprint density at radius 2 is 2.11 bits per heavy atom. The number of Topliss-reactive ketones (excluding diaryl/α,β-unsaturated/α-hetero) is 1. The van der Waals surface area contributed by atoms with Gasteiger partial charge in [-0.1, -0.05) is 18.2 Å². The van der Waals surface area contributed by atoms with Gasteiger partial charge in [0.05, 0.1) is 5.56 Å². The van der Waals surface area contributed by atoms with Gasteiger partial charge in [0.25, 0.3) is 0 Å². The molecule has 96 valence electrons. The molecule has 0 saturated carbocycles. The minimum atomic E-state index is -0.0580. The summed E-state index contributed by atoms with van der Waals surface area (Å²) in [6.07, 6.45) is 2.28. The number of hydrogen-bond donors (Lipinski definition) is 0. The summed E-state index contributed by atoms with van der Waals surface area (Å²) in [6, 6.07) is 7.47. The van der Waals surface area contributed by atoms with E-state index in [2.05, 4.69) is 0 Å². The van der Waals surface area contributed by atoms with E-state index in [0.29, 0.717) is 18.8 Å². The lowest BCUT2D eigenvalue weighted by Crippen LogP contribution is -2.10.